The third-order valence-corrected chi connectivity index (χ3v) is 4.32. The SMILES string of the molecule is Cc1cccc(CCC(C)NC(C)c2cccc(Br)c2)c1. The van der Waals surface area contributed by atoms with Gasteiger partial charge < -0.3 is 5.32 Å². The molecule has 2 unspecified atom stereocenters. The van der Waals surface area contributed by atoms with Gasteiger partial charge in [-0.05, 0) is 56.9 Å². The van der Waals surface area contributed by atoms with Crippen LogP contribution in [0.2, 0.25) is 0 Å². The molecule has 1 nitrogen and oxygen atoms in total. The van der Waals surface area contributed by atoms with Crippen LogP contribution in [0.3, 0.4) is 0 Å². The Morgan fingerprint density at radius 1 is 1.05 bits per heavy atom. The maximum atomic E-state index is 3.69. The van der Waals surface area contributed by atoms with Crippen LogP contribution >= 0.6 is 15.9 Å². The Kier molecular flexibility index (Phi) is 6.01. The summed E-state index contributed by atoms with van der Waals surface area (Å²) in [4.78, 5) is 0. The molecule has 0 aliphatic rings. The standard InChI is InChI=1S/C19H24BrN/c1-14-6-4-7-17(12-14)11-10-15(2)21-16(3)18-8-5-9-19(20)13-18/h4-9,12-13,15-16,21H,10-11H2,1-3H3. The smallest absolute Gasteiger partial charge is 0.0294 e. The number of benzene rings is 2. The Balaban J connectivity index is 1.85. The second kappa shape index (κ2) is 7.77. The third-order valence-electron chi connectivity index (χ3n) is 3.83. The third kappa shape index (κ3) is 5.29. The van der Waals surface area contributed by atoms with Crippen LogP contribution in [0.15, 0.2) is 53.0 Å². The molecular weight excluding hydrogens is 322 g/mol. The van der Waals surface area contributed by atoms with Gasteiger partial charge in [0.25, 0.3) is 0 Å². The Bertz CT molecular complexity index is 579. The predicted molar refractivity (Wildman–Crippen MR) is 94.7 cm³/mol. The van der Waals surface area contributed by atoms with Crippen LogP contribution in [-0.4, -0.2) is 6.04 Å². The van der Waals surface area contributed by atoms with E-state index in [1.54, 1.807) is 0 Å². The van der Waals surface area contributed by atoms with E-state index >= 15 is 0 Å². The molecular formula is C19H24BrN. The summed E-state index contributed by atoms with van der Waals surface area (Å²) in [5.41, 5.74) is 4.10. The lowest BCUT2D eigenvalue weighted by Crippen LogP contribution is -2.29. The lowest BCUT2D eigenvalue weighted by atomic mass is 10.0. The summed E-state index contributed by atoms with van der Waals surface area (Å²) in [6.07, 6.45) is 2.28. The van der Waals surface area contributed by atoms with Crippen molar-refractivity contribution in [3.8, 4) is 0 Å². The van der Waals surface area contributed by atoms with Crippen molar-refractivity contribution in [2.75, 3.05) is 0 Å². The summed E-state index contributed by atoms with van der Waals surface area (Å²) in [6.45, 7) is 6.65. The van der Waals surface area contributed by atoms with Gasteiger partial charge in [-0.3, -0.25) is 0 Å². The number of hydrogen-bond donors (Lipinski definition) is 1. The maximum absolute atomic E-state index is 3.69. The zero-order valence-corrected chi connectivity index (χ0v) is 14.7. The molecule has 0 heterocycles. The number of aryl methyl sites for hydroxylation is 2. The van der Waals surface area contributed by atoms with Crippen LogP contribution in [0, 0.1) is 6.92 Å². The molecule has 2 aromatic rings. The minimum absolute atomic E-state index is 0.370. The molecule has 112 valence electrons. The quantitative estimate of drug-likeness (QED) is 0.735. The van der Waals surface area contributed by atoms with Gasteiger partial charge in [0.05, 0.1) is 0 Å². The first-order valence-corrected chi connectivity index (χ1v) is 8.41. The largest absolute Gasteiger partial charge is 0.308 e. The van der Waals surface area contributed by atoms with Crippen molar-refractivity contribution in [2.45, 2.75) is 45.7 Å². The van der Waals surface area contributed by atoms with Crippen molar-refractivity contribution in [1.29, 1.82) is 0 Å². The fourth-order valence-corrected chi connectivity index (χ4v) is 3.05. The Morgan fingerprint density at radius 2 is 1.81 bits per heavy atom. The van der Waals surface area contributed by atoms with E-state index in [0.717, 1.165) is 17.3 Å². The van der Waals surface area contributed by atoms with E-state index in [9.17, 15) is 0 Å². The Morgan fingerprint density at radius 3 is 2.52 bits per heavy atom. The first-order chi connectivity index (χ1) is 10.0. The second-order valence-electron chi connectivity index (χ2n) is 5.87. The first-order valence-electron chi connectivity index (χ1n) is 7.61. The van der Waals surface area contributed by atoms with Crippen molar-refractivity contribution >= 4 is 15.9 Å². The fraction of sp³-hybridized carbons (Fsp3) is 0.368. The predicted octanol–water partition coefficient (Wildman–Crippen LogP) is 5.43. The molecule has 2 rings (SSSR count). The molecule has 0 spiro atoms. The van der Waals surface area contributed by atoms with Crippen molar-refractivity contribution < 1.29 is 0 Å². The van der Waals surface area contributed by atoms with Gasteiger partial charge in [-0.2, -0.15) is 0 Å². The van der Waals surface area contributed by atoms with Crippen LogP contribution in [0.4, 0.5) is 0 Å². The van der Waals surface area contributed by atoms with Crippen LogP contribution in [-0.2, 0) is 6.42 Å². The number of nitrogens with one attached hydrogen (secondary N) is 1. The van der Waals surface area contributed by atoms with Crippen LogP contribution < -0.4 is 5.32 Å². The van der Waals surface area contributed by atoms with Crippen molar-refractivity contribution in [3.63, 3.8) is 0 Å². The van der Waals surface area contributed by atoms with Gasteiger partial charge >= 0.3 is 0 Å². The Labute approximate surface area is 136 Å². The highest BCUT2D eigenvalue weighted by Gasteiger charge is 2.09. The minimum atomic E-state index is 0.370. The molecule has 2 heteroatoms. The van der Waals surface area contributed by atoms with Gasteiger partial charge in [0, 0.05) is 16.6 Å². The van der Waals surface area contributed by atoms with Crippen LogP contribution in [0.5, 0.6) is 0 Å². The molecule has 0 fully saturated rings. The van der Waals surface area contributed by atoms with E-state index in [1.165, 1.54) is 16.7 Å². The van der Waals surface area contributed by atoms with Crippen LogP contribution in [0.1, 0.15) is 43.0 Å². The maximum Gasteiger partial charge on any atom is 0.0294 e. The molecule has 0 saturated carbocycles. The highest BCUT2D eigenvalue weighted by atomic mass is 79.9. The lowest BCUT2D eigenvalue weighted by molar-refractivity contribution is 0.456. The van der Waals surface area contributed by atoms with Gasteiger partial charge in [0.15, 0.2) is 0 Å². The second-order valence-corrected chi connectivity index (χ2v) is 6.79. The first kappa shape index (κ1) is 16.3. The van der Waals surface area contributed by atoms with Gasteiger partial charge in [-0.1, -0.05) is 57.9 Å². The number of rotatable bonds is 6. The van der Waals surface area contributed by atoms with Crippen molar-refractivity contribution in [1.82, 2.24) is 5.32 Å². The van der Waals surface area contributed by atoms with Gasteiger partial charge in [0.2, 0.25) is 0 Å². The molecule has 0 aliphatic heterocycles. The topological polar surface area (TPSA) is 12.0 Å². The highest BCUT2D eigenvalue weighted by molar-refractivity contribution is 9.10. The fourth-order valence-electron chi connectivity index (χ4n) is 2.63. The average molecular weight is 346 g/mol. The summed E-state index contributed by atoms with van der Waals surface area (Å²) in [5, 5.41) is 3.69. The van der Waals surface area contributed by atoms with Crippen LogP contribution in [0.25, 0.3) is 0 Å². The molecule has 21 heavy (non-hydrogen) atoms. The molecule has 0 amide bonds. The molecule has 1 N–H and O–H groups in total. The van der Waals surface area contributed by atoms with E-state index in [-0.39, 0.29) is 0 Å². The van der Waals surface area contributed by atoms with E-state index in [4.69, 9.17) is 0 Å². The van der Waals surface area contributed by atoms with Gasteiger partial charge in [-0.15, -0.1) is 0 Å². The molecule has 0 bridgehead atoms. The summed E-state index contributed by atoms with van der Waals surface area (Å²) in [6, 6.07) is 18.2. The molecule has 2 aromatic carbocycles. The number of hydrogen-bond acceptors (Lipinski definition) is 1. The van der Waals surface area contributed by atoms with Gasteiger partial charge in [-0.25, -0.2) is 0 Å². The number of halogens is 1. The molecule has 0 aliphatic carbocycles. The summed E-state index contributed by atoms with van der Waals surface area (Å²) >= 11 is 3.54. The Hall–Kier alpha value is -1.12. The minimum Gasteiger partial charge on any atom is -0.308 e. The van der Waals surface area contributed by atoms with Crippen molar-refractivity contribution in [3.05, 3.63) is 69.7 Å². The summed E-state index contributed by atoms with van der Waals surface area (Å²) in [5.74, 6) is 0. The molecule has 0 saturated heterocycles. The molecule has 2 atom stereocenters. The average Bonchev–Trinajstić information content (AvgIpc) is 2.45. The van der Waals surface area contributed by atoms with E-state index in [0.29, 0.717) is 12.1 Å². The van der Waals surface area contributed by atoms with Crippen molar-refractivity contribution in [2.24, 2.45) is 0 Å². The highest BCUT2D eigenvalue weighted by Crippen LogP contribution is 2.19. The monoisotopic (exact) mass is 345 g/mol. The van der Waals surface area contributed by atoms with E-state index < -0.39 is 0 Å². The molecule has 0 aromatic heterocycles. The zero-order chi connectivity index (χ0) is 15.2. The normalized spacial score (nSPS) is 13.9. The lowest BCUT2D eigenvalue weighted by Gasteiger charge is -2.20. The summed E-state index contributed by atoms with van der Waals surface area (Å²) in [7, 11) is 0. The summed E-state index contributed by atoms with van der Waals surface area (Å²) < 4.78 is 1.14. The van der Waals surface area contributed by atoms with E-state index in [2.05, 4.69) is 90.5 Å². The molecule has 0 radical (unpaired) electrons. The van der Waals surface area contributed by atoms with E-state index in [1.807, 2.05) is 0 Å². The zero-order valence-electron chi connectivity index (χ0n) is 13.1. The van der Waals surface area contributed by atoms with Gasteiger partial charge in [0.1, 0.15) is 0 Å².